The highest BCUT2D eigenvalue weighted by atomic mass is 16.7. The van der Waals surface area contributed by atoms with Crippen molar-refractivity contribution in [2.24, 2.45) is 17.8 Å². The molecule has 7 aliphatic rings. The number of benzene rings is 6. The van der Waals surface area contributed by atoms with Crippen LogP contribution in [-0.2, 0) is 43.4 Å². The second-order valence-electron chi connectivity index (χ2n) is 28.2. The van der Waals surface area contributed by atoms with Crippen molar-refractivity contribution in [3.8, 4) is 23.0 Å². The fraction of sp³-hybridized carbons (Fsp3) is 0.423. The molecule has 4 bridgehead atoms. The number of amides is 2. The second kappa shape index (κ2) is 26.2. The Hall–Kier alpha value is -8.33. The van der Waals surface area contributed by atoms with Gasteiger partial charge < -0.3 is 59.1 Å². The van der Waals surface area contributed by atoms with Crippen molar-refractivity contribution >= 4 is 57.0 Å². The molecular formula is C78H87N3O15. The number of nitrogens with zero attached hydrogens (tertiary/aromatic N) is 2. The predicted octanol–water partition coefficient (Wildman–Crippen LogP) is 10.5. The summed E-state index contributed by atoms with van der Waals surface area (Å²) in [6, 6.07) is 31.8. The summed E-state index contributed by atoms with van der Waals surface area (Å²) in [6.45, 7) is 17.1. The topological polar surface area (TPSA) is 240 Å². The number of hydrogen-bond donors (Lipinski definition) is 5. The van der Waals surface area contributed by atoms with Gasteiger partial charge in [0.1, 0.15) is 58.9 Å². The number of allylic oxidation sites excluding steroid dienone is 4. The number of esters is 1. The molecule has 0 radical (unpaired) electrons. The minimum atomic E-state index is -1.84. The lowest BCUT2D eigenvalue weighted by Gasteiger charge is -2.64. The van der Waals surface area contributed by atoms with Gasteiger partial charge in [-0.3, -0.25) is 24.1 Å². The van der Waals surface area contributed by atoms with E-state index in [9.17, 15) is 30.0 Å². The number of hydrogen-bond acceptors (Lipinski definition) is 16. The Morgan fingerprint density at radius 3 is 2.04 bits per heavy atom. The number of aliphatic hydroxyl groups excluding tert-OH is 4. The van der Waals surface area contributed by atoms with E-state index >= 15 is 14.4 Å². The van der Waals surface area contributed by atoms with Crippen LogP contribution in [0.3, 0.4) is 0 Å². The third-order valence-electron chi connectivity index (χ3n) is 20.6. The van der Waals surface area contributed by atoms with Gasteiger partial charge in [0.25, 0.3) is 5.91 Å². The van der Waals surface area contributed by atoms with E-state index in [1.54, 1.807) is 24.9 Å². The van der Waals surface area contributed by atoms with Gasteiger partial charge in [-0.05, 0) is 164 Å². The molecule has 13 rings (SSSR count). The maximum Gasteiger partial charge on any atom is 0.333 e. The molecule has 18 heteroatoms. The van der Waals surface area contributed by atoms with E-state index < -0.39 is 107 Å². The van der Waals surface area contributed by atoms with Crippen LogP contribution in [0.5, 0.6) is 23.0 Å². The van der Waals surface area contributed by atoms with E-state index in [2.05, 4.69) is 40.6 Å². The van der Waals surface area contributed by atoms with Crippen molar-refractivity contribution in [3.05, 3.63) is 184 Å². The second-order valence-corrected chi connectivity index (χ2v) is 28.2. The normalized spacial score (nSPS) is 27.8. The highest BCUT2D eigenvalue weighted by Gasteiger charge is 2.86. The Kier molecular flexibility index (Phi) is 18.5. The number of nitrogens with one attached hydrogen (secondary N) is 1. The van der Waals surface area contributed by atoms with E-state index in [1.165, 1.54) is 31.2 Å². The van der Waals surface area contributed by atoms with Crippen LogP contribution < -0.4 is 24.3 Å². The number of ether oxygens (including phenoxy) is 6. The molecular weight excluding hydrogens is 1220 g/mol. The highest BCUT2D eigenvalue weighted by molar-refractivity contribution is 6.11. The van der Waals surface area contributed by atoms with Gasteiger partial charge in [0.2, 0.25) is 12.2 Å². The number of aliphatic hydroxyl groups is 4. The number of carbonyl (C=O) groups excluding carboxylic acids is 5. The summed E-state index contributed by atoms with van der Waals surface area (Å²) in [6.07, 6.45) is 3.72. The fourth-order valence-corrected chi connectivity index (χ4v) is 15.8. The van der Waals surface area contributed by atoms with Crippen LogP contribution >= 0.6 is 0 Å². The lowest BCUT2D eigenvalue weighted by Crippen LogP contribution is -2.81. The molecule has 6 aromatic carbocycles. The third-order valence-corrected chi connectivity index (χ3v) is 20.6. The molecule has 6 aromatic rings. The summed E-state index contributed by atoms with van der Waals surface area (Å²) >= 11 is 0. The van der Waals surface area contributed by atoms with Gasteiger partial charge in [0.05, 0.1) is 23.7 Å². The van der Waals surface area contributed by atoms with Crippen molar-refractivity contribution in [3.63, 3.8) is 0 Å². The maximum atomic E-state index is 17.3. The Morgan fingerprint density at radius 2 is 1.40 bits per heavy atom. The molecule has 3 saturated carbocycles. The molecule has 504 valence electrons. The summed E-state index contributed by atoms with van der Waals surface area (Å²) in [5, 5.41) is 47.8. The Balaban J connectivity index is 0.969. The molecule has 3 aliphatic carbocycles. The van der Waals surface area contributed by atoms with Gasteiger partial charge >= 0.3 is 5.97 Å². The van der Waals surface area contributed by atoms with Gasteiger partial charge in [0, 0.05) is 61.1 Å². The summed E-state index contributed by atoms with van der Waals surface area (Å²) in [4.78, 5) is 81.5. The van der Waals surface area contributed by atoms with Crippen LogP contribution in [0.15, 0.2) is 150 Å². The van der Waals surface area contributed by atoms with Gasteiger partial charge in [-0.15, -0.1) is 0 Å². The zero-order valence-corrected chi connectivity index (χ0v) is 56.4. The summed E-state index contributed by atoms with van der Waals surface area (Å²) < 4.78 is 40.7. The first kappa shape index (κ1) is 67.6. The summed E-state index contributed by atoms with van der Waals surface area (Å²) in [5.74, 6) is -4.62. The summed E-state index contributed by atoms with van der Waals surface area (Å²) in [5.41, 5.74) is -0.214. The SMILES string of the molecule is CC(C)=CCCC1(C)C=Cc2c(c(CC=C(C)C)c3c(c2OC(=O)C(C)NC(=O)c2ccc(O[C@@H]4O[C@H](CO)[C@@H](O)[C@H](O)[C@H]4O)cc2)C(=O)C2C(N(C)Cc4cccc5ccccc45)C4CC5C(C)(C)OC(C/C=C(/C)C(=O)N(C)Cc6cccc7ccccc67)(C4=O)C25O3)O1. The molecule has 2 saturated heterocycles. The Labute approximate surface area is 560 Å². The molecule has 8 unspecified atom stereocenters. The molecule has 5 N–H and O–H groups in total. The first-order chi connectivity index (χ1) is 45.7. The lowest BCUT2D eigenvalue weighted by atomic mass is 9.44. The van der Waals surface area contributed by atoms with E-state index in [0.29, 0.717) is 54.8 Å². The Bertz CT molecular complexity index is 4190. The zero-order valence-electron chi connectivity index (χ0n) is 56.4. The van der Waals surface area contributed by atoms with Crippen molar-refractivity contribution in [1.29, 1.82) is 0 Å². The minimum absolute atomic E-state index is 0.0160. The predicted molar refractivity (Wildman–Crippen MR) is 363 cm³/mol. The number of rotatable bonds is 20. The Morgan fingerprint density at radius 1 is 0.760 bits per heavy atom. The van der Waals surface area contributed by atoms with Crippen LogP contribution in [-0.4, -0.2) is 145 Å². The number of likely N-dealkylation sites (N-methyl/N-ethyl adjacent to an activating group) is 1. The summed E-state index contributed by atoms with van der Waals surface area (Å²) in [7, 11) is 3.70. The van der Waals surface area contributed by atoms with Crippen molar-refractivity contribution in [2.45, 2.75) is 173 Å². The number of fused-ring (bicyclic) bond motifs is 4. The first-order valence-electron chi connectivity index (χ1n) is 33.2. The van der Waals surface area contributed by atoms with Gasteiger partial charge in [-0.1, -0.05) is 114 Å². The lowest BCUT2D eigenvalue weighted by molar-refractivity contribution is -0.277. The molecule has 1 spiro atoms. The van der Waals surface area contributed by atoms with Crippen molar-refractivity contribution in [1.82, 2.24) is 15.1 Å². The smallest absolute Gasteiger partial charge is 0.333 e. The fourth-order valence-electron chi connectivity index (χ4n) is 15.8. The average molecular weight is 1310 g/mol. The zero-order chi connectivity index (χ0) is 68.5. The average Bonchev–Trinajstić information content (AvgIpc) is 1.39. The van der Waals surface area contributed by atoms with E-state index in [4.69, 9.17) is 28.4 Å². The van der Waals surface area contributed by atoms with Gasteiger partial charge in [0.15, 0.2) is 28.5 Å². The van der Waals surface area contributed by atoms with Gasteiger partial charge in [-0.2, -0.15) is 0 Å². The number of Topliss-reactive ketones (excluding diaryl/α,β-unsaturated/α-hetero) is 2. The number of ketones is 2. The molecule has 96 heavy (non-hydrogen) atoms. The monoisotopic (exact) mass is 1310 g/mol. The number of carbonyl (C=O) groups is 5. The maximum absolute atomic E-state index is 17.3. The van der Waals surface area contributed by atoms with Crippen molar-refractivity contribution in [2.75, 3.05) is 20.7 Å². The third kappa shape index (κ3) is 12.0. The van der Waals surface area contributed by atoms with Gasteiger partial charge in [-0.25, -0.2) is 4.79 Å². The first-order valence-corrected chi connectivity index (χ1v) is 33.2. The minimum Gasteiger partial charge on any atom is -0.482 e. The molecule has 13 atom stereocenters. The molecule has 4 aliphatic heterocycles. The molecule has 4 heterocycles. The van der Waals surface area contributed by atoms with E-state index in [0.717, 1.165) is 43.8 Å². The molecule has 5 fully saturated rings. The van der Waals surface area contributed by atoms with Crippen LogP contribution in [0.4, 0.5) is 0 Å². The van der Waals surface area contributed by atoms with E-state index in [-0.39, 0.29) is 52.9 Å². The largest absolute Gasteiger partial charge is 0.482 e. The highest BCUT2D eigenvalue weighted by Crippen LogP contribution is 2.71. The van der Waals surface area contributed by atoms with Crippen LogP contribution in [0.2, 0.25) is 0 Å². The van der Waals surface area contributed by atoms with Crippen LogP contribution in [0.1, 0.15) is 131 Å². The molecule has 2 amide bonds. The van der Waals surface area contributed by atoms with E-state index in [1.807, 2.05) is 134 Å². The molecule has 18 nitrogen and oxygen atoms in total. The quantitative estimate of drug-likeness (QED) is 0.0207. The standard InChI is InChI=1S/C78H87N3O15/c1-43(2)19-18-36-76(9)37-35-56-67(94-76)55(33-28-44(3)4)69-60(68(56)93-73(90)46(6)79-71(88)49-29-31-52(32-30-49)91-74-66(86)65(85)63(83)58(42-82)92-74)64(84)61-62(80(10)40-50-24-16-22-47-20-12-14-26-53(47)50)57-39-59-75(7,8)96-77(70(57)87,78(59,61)95-69)38-34-45(5)72(89)81(11)41-51-25-17-23-48-21-13-15-27-54(48)51/h12-17,19-32,34-35,37,46,57-59,61-63,65-66,74,82-83,85-86H,18,33,36,38-42H2,1-11H3,(H,79,88)/b45-34-/t46?,57?,58-,59?,61?,62?,63-,65+,66-,74-,76?,77?,78?/m1/s1. The molecule has 0 aromatic heterocycles. The van der Waals surface area contributed by atoms with Crippen LogP contribution in [0.25, 0.3) is 27.6 Å². The van der Waals surface area contributed by atoms with Crippen molar-refractivity contribution < 1.29 is 72.8 Å². The van der Waals surface area contributed by atoms with Crippen LogP contribution in [0, 0.1) is 17.8 Å².